The maximum Gasteiger partial charge on any atom is 0.469 e. The lowest BCUT2D eigenvalue weighted by molar-refractivity contribution is -0.0783. The summed E-state index contributed by atoms with van der Waals surface area (Å²) < 4.78 is 22.0. The highest BCUT2D eigenvalue weighted by molar-refractivity contribution is 14.1. The number of phosphoric ester groups is 1. The third-order valence-corrected chi connectivity index (χ3v) is 4.69. The number of nitrogen functional groups attached to an aromatic ring is 1. The fraction of sp³-hybridized carbons (Fsp3) is 0.600. The molecule has 0 amide bonds. The maximum absolute atomic E-state index is 11.9. The van der Waals surface area contributed by atoms with E-state index in [-0.39, 0.29) is 5.82 Å². The Labute approximate surface area is 143 Å². The van der Waals surface area contributed by atoms with Gasteiger partial charge in [0.2, 0.25) is 0 Å². The second kappa shape index (κ2) is 6.72. The van der Waals surface area contributed by atoms with Crippen LogP contribution in [-0.2, 0) is 13.8 Å². The van der Waals surface area contributed by atoms with Gasteiger partial charge in [-0.15, -0.1) is 0 Å². The van der Waals surface area contributed by atoms with Crippen molar-refractivity contribution in [2.75, 3.05) is 5.73 Å². The first-order chi connectivity index (χ1) is 10.5. The Morgan fingerprint density at radius 3 is 2.65 bits per heavy atom. The molecule has 0 saturated carbocycles. The van der Waals surface area contributed by atoms with Crippen LogP contribution in [0.25, 0.3) is 0 Å². The lowest BCUT2D eigenvalue weighted by atomic mass is 10.1. The molecule has 0 aliphatic carbocycles. The number of aliphatic hydroxyl groups is 2. The monoisotopic (exact) mass is 463 g/mol. The van der Waals surface area contributed by atoms with Crippen molar-refractivity contribution < 1.29 is 33.8 Å². The smallest absolute Gasteiger partial charge is 0.387 e. The van der Waals surface area contributed by atoms with E-state index in [1.165, 1.54) is 13.1 Å². The molecule has 1 aliphatic rings. The lowest BCUT2D eigenvalue weighted by Gasteiger charge is -2.22. The summed E-state index contributed by atoms with van der Waals surface area (Å²) >= 11 is 1.83. The normalized spacial score (nSPS) is 29.7. The van der Waals surface area contributed by atoms with E-state index in [1.807, 2.05) is 22.6 Å². The fourth-order valence-corrected chi connectivity index (χ4v) is 3.19. The highest BCUT2D eigenvalue weighted by atomic mass is 127. The van der Waals surface area contributed by atoms with Crippen molar-refractivity contribution in [3.8, 4) is 0 Å². The fourth-order valence-electron chi connectivity index (χ4n) is 2.22. The summed E-state index contributed by atoms with van der Waals surface area (Å²) in [6.45, 7) is 1.26. The Bertz CT molecular complexity index is 693. The average Bonchev–Trinajstić information content (AvgIpc) is 2.69. The molecule has 130 valence electrons. The van der Waals surface area contributed by atoms with Gasteiger partial charge in [-0.25, -0.2) is 9.36 Å². The van der Waals surface area contributed by atoms with Gasteiger partial charge in [0.1, 0.15) is 24.1 Å². The van der Waals surface area contributed by atoms with Crippen molar-refractivity contribution in [3.63, 3.8) is 0 Å². The van der Waals surface area contributed by atoms with Gasteiger partial charge in [0, 0.05) is 6.20 Å². The second-order valence-corrected chi connectivity index (χ2v) is 7.29. The van der Waals surface area contributed by atoms with Crippen LogP contribution in [0.1, 0.15) is 13.2 Å². The largest absolute Gasteiger partial charge is 0.469 e. The number of hydrogen-bond donors (Lipinski definition) is 5. The molecule has 1 unspecified atom stereocenters. The number of halogens is 1. The number of aliphatic hydroxyl groups excluding tert-OH is 2. The minimum atomic E-state index is -4.81. The Morgan fingerprint density at radius 1 is 1.48 bits per heavy atom. The van der Waals surface area contributed by atoms with Crippen molar-refractivity contribution in [1.82, 2.24) is 9.55 Å². The van der Waals surface area contributed by atoms with E-state index >= 15 is 0 Å². The number of aromatic nitrogens is 2. The molecule has 0 spiro atoms. The molecule has 2 rings (SSSR count). The average molecular weight is 463 g/mol. The number of rotatable bonds is 4. The molecule has 0 bridgehead atoms. The Morgan fingerprint density at radius 2 is 2.09 bits per heavy atom. The predicted molar refractivity (Wildman–Crippen MR) is 84.1 cm³/mol. The Kier molecular flexibility index (Phi) is 5.48. The van der Waals surface area contributed by atoms with E-state index in [0.717, 1.165) is 4.57 Å². The van der Waals surface area contributed by atoms with Gasteiger partial charge in [-0.3, -0.25) is 9.09 Å². The van der Waals surface area contributed by atoms with Crippen LogP contribution in [0.15, 0.2) is 11.0 Å². The van der Waals surface area contributed by atoms with E-state index in [1.54, 1.807) is 0 Å². The molecule has 1 aliphatic heterocycles. The first-order valence-corrected chi connectivity index (χ1v) is 8.92. The predicted octanol–water partition coefficient (Wildman–Crippen LogP) is -1.45. The van der Waals surface area contributed by atoms with E-state index in [2.05, 4.69) is 9.51 Å². The third kappa shape index (κ3) is 4.09. The molecular formula is C10H15IN3O8P. The summed E-state index contributed by atoms with van der Waals surface area (Å²) in [4.78, 5) is 33.0. The van der Waals surface area contributed by atoms with Crippen molar-refractivity contribution in [3.05, 3.63) is 20.3 Å². The van der Waals surface area contributed by atoms with Crippen molar-refractivity contribution in [2.24, 2.45) is 0 Å². The molecular weight excluding hydrogens is 448 g/mol. The quantitative estimate of drug-likeness (QED) is 0.262. The molecule has 1 aromatic rings. The minimum absolute atomic E-state index is 0.00892. The molecule has 23 heavy (non-hydrogen) atoms. The molecule has 1 saturated heterocycles. The zero-order valence-corrected chi connectivity index (χ0v) is 14.7. The first-order valence-electron chi connectivity index (χ1n) is 6.31. The standard InChI is InChI=1S/C10H15IN3O8P/c1-3(22-23(18,19)20)7-5(15)6(16)9(21-7)14-2-4(11)8(12)13-10(14)17/h2-3,5-7,9,15-16H,1H3,(H2,12,13,17)(H2,18,19,20)/t3?,5-,6+,7+,9+/m0/s1. The minimum Gasteiger partial charge on any atom is -0.387 e. The number of ether oxygens (including phenoxy) is 1. The number of phosphoric acid groups is 1. The number of anilines is 1. The van der Waals surface area contributed by atoms with Crippen LogP contribution in [0.3, 0.4) is 0 Å². The molecule has 6 N–H and O–H groups in total. The van der Waals surface area contributed by atoms with E-state index < -0.39 is 44.2 Å². The van der Waals surface area contributed by atoms with E-state index in [4.69, 9.17) is 20.3 Å². The molecule has 0 aromatic carbocycles. The first kappa shape index (κ1) is 18.7. The molecule has 11 nitrogen and oxygen atoms in total. The summed E-state index contributed by atoms with van der Waals surface area (Å²) in [6.07, 6.45) is -5.55. The van der Waals surface area contributed by atoms with Gasteiger partial charge >= 0.3 is 13.5 Å². The van der Waals surface area contributed by atoms with Crippen LogP contribution in [0, 0.1) is 3.57 Å². The van der Waals surface area contributed by atoms with E-state index in [9.17, 15) is 19.6 Å². The summed E-state index contributed by atoms with van der Waals surface area (Å²) in [5.74, 6) is 0.00892. The molecule has 2 heterocycles. The highest BCUT2D eigenvalue weighted by Gasteiger charge is 2.48. The lowest BCUT2D eigenvalue weighted by Crippen LogP contribution is -2.38. The second-order valence-electron chi connectivity index (χ2n) is 4.94. The van der Waals surface area contributed by atoms with Gasteiger partial charge in [-0.05, 0) is 29.5 Å². The SMILES string of the molecule is CC(OP(=O)(O)O)[C@H]1O[C@@H](n2cc(I)c(N)nc2=O)[C@H](O)[C@@H]1O. The summed E-state index contributed by atoms with van der Waals surface area (Å²) in [7, 11) is -4.81. The highest BCUT2D eigenvalue weighted by Crippen LogP contribution is 2.41. The number of nitrogens with zero attached hydrogens (tertiary/aromatic N) is 2. The van der Waals surface area contributed by atoms with Crippen LogP contribution < -0.4 is 11.4 Å². The summed E-state index contributed by atoms with van der Waals surface area (Å²) in [5.41, 5.74) is 4.70. The van der Waals surface area contributed by atoms with Gasteiger partial charge in [0.15, 0.2) is 6.23 Å². The van der Waals surface area contributed by atoms with Gasteiger partial charge in [-0.1, -0.05) is 0 Å². The van der Waals surface area contributed by atoms with Crippen LogP contribution >= 0.6 is 30.4 Å². The Hall–Kier alpha value is -0.600. The third-order valence-electron chi connectivity index (χ3n) is 3.25. The van der Waals surface area contributed by atoms with Crippen molar-refractivity contribution in [1.29, 1.82) is 0 Å². The number of hydrogen-bond acceptors (Lipinski definition) is 8. The van der Waals surface area contributed by atoms with Gasteiger partial charge in [-0.2, -0.15) is 4.98 Å². The molecule has 5 atom stereocenters. The molecule has 0 radical (unpaired) electrons. The van der Waals surface area contributed by atoms with Gasteiger partial charge < -0.3 is 30.5 Å². The zero-order valence-electron chi connectivity index (χ0n) is 11.7. The summed E-state index contributed by atoms with van der Waals surface area (Å²) in [6, 6.07) is 0. The number of nitrogens with two attached hydrogens (primary N) is 1. The molecule has 1 aromatic heterocycles. The van der Waals surface area contributed by atoms with Gasteiger partial charge in [0.05, 0.1) is 9.67 Å². The Balaban J connectivity index is 2.28. The van der Waals surface area contributed by atoms with E-state index in [0.29, 0.717) is 3.57 Å². The van der Waals surface area contributed by atoms with Crippen LogP contribution in [-0.4, -0.2) is 54.0 Å². The topological polar surface area (TPSA) is 177 Å². The van der Waals surface area contributed by atoms with Crippen LogP contribution in [0.4, 0.5) is 5.82 Å². The zero-order chi connectivity index (χ0) is 17.5. The maximum atomic E-state index is 11.9. The van der Waals surface area contributed by atoms with Crippen molar-refractivity contribution in [2.45, 2.75) is 37.6 Å². The molecule has 13 heteroatoms. The molecule has 1 fully saturated rings. The van der Waals surface area contributed by atoms with Crippen LogP contribution in [0.5, 0.6) is 0 Å². The van der Waals surface area contributed by atoms with Gasteiger partial charge in [0.25, 0.3) is 0 Å². The summed E-state index contributed by atoms with van der Waals surface area (Å²) in [5, 5.41) is 20.1. The van der Waals surface area contributed by atoms with Crippen LogP contribution in [0.2, 0.25) is 0 Å². The van der Waals surface area contributed by atoms with Crippen molar-refractivity contribution >= 4 is 36.2 Å².